The van der Waals surface area contributed by atoms with Crippen LogP contribution in [-0.4, -0.2) is 13.2 Å². The van der Waals surface area contributed by atoms with Gasteiger partial charge in [-0.05, 0) is 18.3 Å². The molecule has 0 aromatic carbocycles. The lowest BCUT2D eigenvalue weighted by Crippen LogP contribution is -2.41. The fraction of sp³-hybridized carbons (Fsp3) is 1.00. The van der Waals surface area contributed by atoms with Crippen LogP contribution in [0.3, 0.4) is 0 Å². The Morgan fingerprint density at radius 2 is 2.22 bits per heavy atom. The third-order valence-corrected chi connectivity index (χ3v) is 2.50. The Hall–Kier alpha value is -0.0400. The van der Waals surface area contributed by atoms with Crippen molar-refractivity contribution in [2.45, 2.75) is 32.8 Å². The summed E-state index contributed by atoms with van der Waals surface area (Å²) in [6.45, 7) is 4.50. The van der Waals surface area contributed by atoms with E-state index in [1.807, 2.05) is 7.11 Å². The van der Waals surface area contributed by atoms with E-state index in [2.05, 4.69) is 13.8 Å². The van der Waals surface area contributed by atoms with Crippen LogP contribution in [0.2, 0.25) is 0 Å². The van der Waals surface area contributed by atoms with E-state index in [1.54, 1.807) is 0 Å². The Kier molecular flexibility index (Phi) is 2.12. The van der Waals surface area contributed by atoms with E-state index in [1.165, 1.54) is 12.8 Å². The van der Waals surface area contributed by atoms with Gasteiger partial charge < -0.3 is 4.74 Å². The van der Waals surface area contributed by atoms with Gasteiger partial charge in [0, 0.05) is 7.11 Å². The molecule has 3 unspecified atom stereocenters. The summed E-state index contributed by atoms with van der Waals surface area (Å²) in [5.74, 6) is 1.66. The van der Waals surface area contributed by atoms with Crippen molar-refractivity contribution < 1.29 is 4.74 Å². The molecule has 1 rings (SSSR count). The first kappa shape index (κ1) is 7.07. The number of hydrogen-bond acceptors (Lipinski definition) is 1. The summed E-state index contributed by atoms with van der Waals surface area (Å²) in [6.07, 6.45) is 3.22. The Balaban J connectivity index is 2.29. The van der Waals surface area contributed by atoms with Crippen molar-refractivity contribution in [1.29, 1.82) is 0 Å². The minimum absolute atomic E-state index is 0.565. The van der Waals surface area contributed by atoms with Gasteiger partial charge in [-0.3, -0.25) is 0 Å². The summed E-state index contributed by atoms with van der Waals surface area (Å²) in [5.41, 5.74) is 0. The smallest absolute Gasteiger partial charge is 0.0625 e. The van der Waals surface area contributed by atoms with Crippen molar-refractivity contribution in [3.63, 3.8) is 0 Å². The molecular formula is C8H16O. The van der Waals surface area contributed by atoms with E-state index >= 15 is 0 Å². The van der Waals surface area contributed by atoms with Crippen LogP contribution in [0.4, 0.5) is 0 Å². The van der Waals surface area contributed by atoms with Gasteiger partial charge in [0.15, 0.2) is 0 Å². The topological polar surface area (TPSA) is 9.23 Å². The van der Waals surface area contributed by atoms with Crippen LogP contribution >= 0.6 is 0 Å². The average molecular weight is 128 g/mol. The Labute approximate surface area is 57.4 Å². The summed E-state index contributed by atoms with van der Waals surface area (Å²) in [7, 11) is 1.82. The molecule has 1 heteroatoms. The fourth-order valence-corrected chi connectivity index (χ4v) is 1.84. The SMILES string of the molecule is CCC1CC(C)C1OC. The molecule has 0 saturated heterocycles. The van der Waals surface area contributed by atoms with Gasteiger partial charge in [0.05, 0.1) is 6.10 Å². The van der Waals surface area contributed by atoms with E-state index in [4.69, 9.17) is 4.74 Å². The molecule has 0 heterocycles. The quantitative estimate of drug-likeness (QED) is 0.553. The molecule has 3 atom stereocenters. The minimum Gasteiger partial charge on any atom is -0.381 e. The molecule has 1 saturated carbocycles. The predicted molar refractivity (Wildman–Crippen MR) is 38.4 cm³/mol. The number of ether oxygens (including phenoxy) is 1. The fourth-order valence-electron chi connectivity index (χ4n) is 1.84. The molecule has 0 radical (unpaired) electrons. The molecule has 0 amide bonds. The highest BCUT2D eigenvalue weighted by molar-refractivity contribution is 4.86. The highest BCUT2D eigenvalue weighted by Crippen LogP contribution is 2.37. The maximum atomic E-state index is 5.30. The van der Waals surface area contributed by atoms with Crippen LogP contribution in [0.1, 0.15) is 26.7 Å². The van der Waals surface area contributed by atoms with Crippen LogP contribution < -0.4 is 0 Å². The monoisotopic (exact) mass is 128 g/mol. The van der Waals surface area contributed by atoms with Crippen molar-refractivity contribution in [1.82, 2.24) is 0 Å². The van der Waals surface area contributed by atoms with E-state index in [-0.39, 0.29) is 0 Å². The van der Waals surface area contributed by atoms with Gasteiger partial charge in [-0.1, -0.05) is 20.3 Å². The highest BCUT2D eigenvalue weighted by Gasteiger charge is 2.36. The van der Waals surface area contributed by atoms with Crippen molar-refractivity contribution in [2.75, 3.05) is 7.11 Å². The van der Waals surface area contributed by atoms with Gasteiger partial charge >= 0.3 is 0 Å². The lowest BCUT2D eigenvalue weighted by molar-refractivity contribution is -0.0653. The van der Waals surface area contributed by atoms with Crippen molar-refractivity contribution in [2.24, 2.45) is 11.8 Å². The second-order valence-electron chi connectivity index (χ2n) is 3.08. The molecule has 0 spiro atoms. The molecule has 1 nitrogen and oxygen atoms in total. The molecule has 0 bridgehead atoms. The van der Waals surface area contributed by atoms with E-state index in [0.29, 0.717) is 6.10 Å². The van der Waals surface area contributed by atoms with Crippen LogP contribution in [0, 0.1) is 11.8 Å². The molecule has 1 aliphatic rings. The maximum absolute atomic E-state index is 5.30. The van der Waals surface area contributed by atoms with Crippen molar-refractivity contribution in [3.05, 3.63) is 0 Å². The zero-order valence-electron chi connectivity index (χ0n) is 6.55. The molecule has 1 aliphatic carbocycles. The van der Waals surface area contributed by atoms with E-state index in [0.717, 1.165) is 11.8 Å². The first-order valence-electron chi connectivity index (χ1n) is 3.82. The average Bonchev–Trinajstić information content (AvgIpc) is 1.83. The predicted octanol–water partition coefficient (Wildman–Crippen LogP) is 2.07. The van der Waals surface area contributed by atoms with Crippen LogP contribution in [0.25, 0.3) is 0 Å². The third kappa shape index (κ3) is 1.11. The third-order valence-electron chi connectivity index (χ3n) is 2.50. The molecule has 0 aromatic rings. The van der Waals surface area contributed by atoms with Gasteiger partial charge in [-0.15, -0.1) is 0 Å². The molecule has 0 N–H and O–H groups in total. The van der Waals surface area contributed by atoms with Crippen LogP contribution in [0.5, 0.6) is 0 Å². The number of hydrogen-bond donors (Lipinski definition) is 0. The van der Waals surface area contributed by atoms with Gasteiger partial charge in [-0.2, -0.15) is 0 Å². The summed E-state index contributed by atoms with van der Waals surface area (Å²) < 4.78 is 5.30. The minimum atomic E-state index is 0.565. The van der Waals surface area contributed by atoms with Gasteiger partial charge in [0.25, 0.3) is 0 Å². The van der Waals surface area contributed by atoms with E-state index < -0.39 is 0 Å². The zero-order chi connectivity index (χ0) is 6.85. The Morgan fingerprint density at radius 3 is 2.44 bits per heavy atom. The van der Waals surface area contributed by atoms with Gasteiger partial charge in [-0.25, -0.2) is 0 Å². The first-order valence-corrected chi connectivity index (χ1v) is 3.82. The summed E-state index contributed by atoms with van der Waals surface area (Å²) in [6, 6.07) is 0. The van der Waals surface area contributed by atoms with E-state index in [9.17, 15) is 0 Å². The first-order chi connectivity index (χ1) is 4.29. The van der Waals surface area contributed by atoms with Crippen molar-refractivity contribution in [3.8, 4) is 0 Å². The number of rotatable bonds is 2. The summed E-state index contributed by atoms with van der Waals surface area (Å²) in [4.78, 5) is 0. The maximum Gasteiger partial charge on any atom is 0.0625 e. The molecular weight excluding hydrogens is 112 g/mol. The summed E-state index contributed by atoms with van der Waals surface area (Å²) >= 11 is 0. The van der Waals surface area contributed by atoms with Crippen molar-refractivity contribution >= 4 is 0 Å². The normalized spacial score (nSPS) is 42.3. The second-order valence-corrected chi connectivity index (χ2v) is 3.08. The Morgan fingerprint density at radius 1 is 1.56 bits per heavy atom. The summed E-state index contributed by atoms with van der Waals surface area (Å²) in [5, 5.41) is 0. The second kappa shape index (κ2) is 2.70. The standard InChI is InChI=1S/C8H16O/c1-4-7-5-6(2)8(7)9-3/h6-8H,4-5H2,1-3H3. The molecule has 1 fully saturated rings. The molecule has 0 aliphatic heterocycles. The largest absolute Gasteiger partial charge is 0.381 e. The lowest BCUT2D eigenvalue weighted by atomic mass is 9.71. The molecule has 54 valence electrons. The zero-order valence-corrected chi connectivity index (χ0v) is 6.55. The molecule has 9 heavy (non-hydrogen) atoms. The Bertz CT molecular complexity index is 90.6. The highest BCUT2D eigenvalue weighted by atomic mass is 16.5. The van der Waals surface area contributed by atoms with Crippen LogP contribution in [0.15, 0.2) is 0 Å². The number of methoxy groups -OCH3 is 1. The van der Waals surface area contributed by atoms with Gasteiger partial charge in [0.1, 0.15) is 0 Å². The van der Waals surface area contributed by atoms with Gasteiger partial charge in [0.2, 0.25) is 0 Å². The van der Waals surface area contributed by atoms with Crippen LogP contribution in [-0.2, 0) is 4.74 Å². The lowest BCUT2D eigenvalue weighted by Gasteiger charge is -2.41. The molecule has 0 aromatic heterocycles.